The molecule has 2 rings (SSSR count). The van der Waals surface area contributed by atoms with E-state index < -0.39 is 4.92 Å². The predicted molar refractivity (Wildman–Crippen MR) is 73.3 cm³/mol. The van der Waals surface area contributed by atoms with Crippen molar-refractivity contribution in [3.05, 3.63) is 28.3 Å². The van der Waals surface area contributed by atoms with Crippen molar-refractivity contribution in [1.82, 2.24) is 4.98 Å². The highest BCUT2D eigenvalue weighted by molar-refractivity contribution is 5.77. The van der Waals surface area contributed by atoms with Gasteiger partial charge in [0.05, 0.1) is 11.0 Å². The summed E-state index contributed by atoms with van der Waals surface area (Å²) >= 11 is 0. The van der Waals surface area contributed by atoms with Crippen LogP contribution < -0.4 is 5.32 Å². The van der Waals surface area contributed by atoms with Gasteiger partial charge in [-0.1, -0.05) is 20.3 Å². The van der Waals surface area contributed by atoms with Gasteiger partial charge in [-0.3, -0.25) is 10.1 Å². The van der Waals surface area contributed by atoms with E-state index in [0.29, 0.717) is 23.2 Å². The third kappa shape index (κ3) is 3.01. The van der Waals surface area contributed by atoms with Gasteiger partial charge in [-0.2, -0.15) is 4.98 Å². The summed E-state index contributed by atoms with van der Waals surface area (Å²) in [5, 5.41) is 13.9. The van der Waals surface area contributed by atoms with Crippen LogP contribution in [0.3, 0.4) is 0 Å². The van der Waals surface area contributed by atoms with Crippen molar-refractivity contribution in [1.29, 1.82) is 0 Å². The highest BCUT2D eigenvalue weighted by Gasteiger charge is 2.13. The molecule has 1 unspecified atom stereocenters. The molecule has 2 aromatic rings. The predicted octanol–water partition coefficient (Wildman–Crippen LogP) is 3.73. The molecule has 0 aliphatic rings. The second-order valence-electron chi connectivity index (χ2n) is 4.47. The minimum Gasteiger partial charge on any atom is -0.423 e. The van der Waals surface area contributed by atoms with Gasteiger partial charge in [0, 0.05) is 12.1 Å². The number of non-ortho nitro benzene ring substituents is 1. The molecule has 0 aliphatic carbocycles. The highest BCUT2D eigenvalue weighted by Crippen LogP contribution is 2.24. The summed E-state index contributed by atoms with van der Waals surface area (Å²) in [6, 6.07) is 5.17. The lowest BCUT2D eigenvalue weighted by Crippen LogP contribution is -2.17. The van der Waals surface area contributed by atoms with Gasteiger partial charge in [-0.25, -0.2) is 0 Å². The molecule has 0 saturated heterocycles. The molecule has 19 heavy (non-hydrogen) atoms. The molecule has 0 aliphatic heterocycles. The molecule has 6 nitrogen and oxygen atoms in total. The summed E-state index contributed by atoms with van der Waals surface area (Å²) in [6.07, 6.45) is 3.10. The molecule has 6 heteroatoms. The molecule has 0 fully saturated rings. The molecular formula is C13H17N3O3. The van der Waals surface area contributed by atoms with E-state index in [1.165, 1.54) is 12.1 Å². The number of hydrogen-bond donors (Lipinski definition) is 1. The average molecular weight is 263 g/mol. The SMILES string of the molecule is CCCC(CC)Nc1nc2ccc([N+](=O)[O-])cc2o1. The number of nitro groups is 1. The number of benzene rings is 1. The highest BCUT2D eigenvalue weighted by atomic mass is 16.6. The van der Waals surface area contributed by atoms with E-state index in [9.17, 15) is 10.1 Å². The van der Waals surface area contributed by atoms with E-state index in [-0.39, 0.29) is 5.69 Å². The molecule has 1 N–H and O–H groups in total. The quantitative estimate of drug-likeness (QED) is 0.634. The first-order chi connectivity index (χ1) is 9.13. The van der Waals surface area contributed by atoms with Gasteiger partial charge in [-0.05, 0) is 18.9 Å². The van der Waals surface area contributed by atoms with Crippen LogP contribution in [0.25, 0.3) is 11.1 Å². The fraction of sp³-hybridized carbons (Fsp3) is 0.462. The Kier molecular flexibility index (Phi) is 3.99. The molecule has 1 heterocycles. The summed E-state index contributed by atoms with van der Waals surface area (Å²) in [4.78, 5) is 14.5. The Hall–Kier alpha value is -2.11. The van der Waals surface area contributed by atoms with E-state index >= 15 is 0 Å². The number of anilines is 1. The van der Waals surface area contributed by atoms with E-state index in [4.69, 9.17) is 4.42 Å². The summed E-state index contributed by atoms with van der Waals surface area (Å²) in [5.41, 5.74) is 1.07. The molecule has 0 saturated carbocycles. The summed E-state index contributed by atoms with van der Waals surface area (Å²) in [5.74, 6) is 0. The number of nitrogens with one attached hydrogen (secondary N) is 1. The van der Waals surface area contributed by atoms with Gasteiger partial charge in [0.2, 0.25) is 0 Å². The summed E-state index contributed by atoms with van der Waals surface area (Å²) in [7, 11) is 0. The maximum Gasteiger partial charge on any atom is 0.295 e. The second-order valence-corrected chi connectivity index (χ2v) is 4.47. The molecule has 1 aromatic carbocycles. The Morgan fingerprint density at radius 1 is 1.47 bits per heavy atom. The van der Waals surface area contributed by atoms with Gasteiger partial charge >= 0.3 is 0 Å². The van der Waals surface area contributed by atoms with Crippen molar-refractivity contribution in [2.24, 2.45) is 0 Å². The second kappa shape index (κ2) is 5.69. The zero-order chi connectivity index (χ0) is 13.8. The molecule has 102 valence electrons. The molecule has 0 amide bonds. The minimum absolute atomic E-state index is 0.01000. The largest absolute Gasteiger partial charge is 0.423 e. The number of aromatic nitrogens is 1. The van der Waals surface area contributed by atoms with Crippen molar-refractivity contribution in [2.45, 2.75) is 39.2 Å². The Morgan fingerprint density at radius 3 is 2.89 bits per heavy atom. The molecule has 0 bridgehead atoms. The first-order valence-corrected chi connectivity index (χ1v) is 6.45. The Bertz CT molecular complexity index is 580. The number of fused-ring (bicyclic) bond motifs is 1. The van der Waals surface area contributed by atoms with Crippen LogP contribution in [0.5, 0.6) is 0 Å². The van der Waals surface area contributed by atoms with Gasteiger partial charge in [0.1, 0.15) is 5.52 Å². The van der Waals surface area contributed by atoms with E-state index in [1.54, 1.807) is 6.07 Å². The maximum atomic E-state index is 10.7. The summed E-state index contributed by atoms with van der Waals surface area (Å²) in [6.45, 7) is 4.22. The van der Waals surface area contributed by atoms with Gasteiger partial charge in [-0.15, -0.1) is 0 Å². The number of rotatable bonds is 6. The van der Waals surface area contributed by atoms with E-state index in [0.717, 1.165) is 19.3 Å². The maximum absolute atomic E-state index is 10.7. The first kappa shape index (κ1) is 13.3. The third-order valence-electron chi connectivity index (χ3n) is 3.04. The Balaban J connectivity index is 2.23. The molecular weight excluding hydrogens is 246 g/mol. The van der Waals surface area contributed by atoms with Crippen LogP contribution in [0.2, 0.25) is 0 Å². The molecule has 0 spiro atoms. The van der Waals surface area contributed by atoms with Crippen LogP contribution in [0.4, 0.5) is 11.7 Å². The Labute approximate surface area is 111 Å². The molecule has 0 radical (unpaired) electrons. The van der Waals surface area contributed by atoms with Gasteiger partial charge in [0.25, 0.3) is 11.7 Å². The van der Waals surface area contributed by atoms with Crippen molar-refractivity contribution >= 4 is 22.8 Å². The monoisotopic (exact) mass is 263 g/mol. The topological polar surface area (TPSA) is 81.2 Å². The van der Waals surface area contributed by atoms with Crippen LogP contribution in [0.15, 0.2) is 22.6 Å². The van der Waals surface area contributed by atoms with Crippen LogP contribution in [0, 0.1) is 10.1 Å². The smallest absolute Gasteiger partial charge is 0.295 e. The number of hydrogen-bond acceptors (Lipinski definition) is 5. The zero-order valence-corrected chi connectivity index (χ0v) is 11.0. The third-order valence-corrected chi connectivity index (χ3v) is 3.04. The fourth-order valence-corrected chi connectivity index (χ4v) is 1.99. The standard InChI is InChI=1S/C13H17N3O3/c1-3-5-9(4-2)14-13-15-11-7-6-10(16(17)18)8-12(11)19-13/h6-9H,3-5H2,1-2H3,(H,14,15). The minimum atomic E-state index is -0.443. The van der Waals surface area contributed by atoms with Gasteiger partial charge in [0.15, 0.2) is 5.58 Å². The zero-order valence-electron chi connectivity index (χ0n) is 11.0. The normalized spacial score (nSPS) is 12.5. The lowest BCUT2D eigenvalue weighted by molar-refractivity contribution is -0.384. The number of oxazole rings is 1. The van der Waals surface area contributed by atoms with Crippen molar-refractivity contribution in [3.63, 3.8) is 0 Å². The van der Waals surface area contributed by atoms with Crippen molar-refractivity contribution < 1.29 is 9.34 Å². The van der Waals surface area contributed by atoms with Crippen LogP contribution in [-0.4, -0.2) is 15.9 Å². The van der Waals surface area contributed by atoms with Gasteiger partial charge < -0.3 is 9.73 Å². The van der Waals surface area contributed by atoms with E-state index in [2.05, 4.69) is 24.1 Å². The lowest BCUT2D eigenvalue weighted by atomic mass is 10.1. The van der Waals surface area contributed by atoms with Crippen LogP contribution in [-0.2, 0) is 0 Å². The molecule has 1 aromatic heterocycles. The average Bonchev–Trinajstić information content (AvgIpc) is 2.79. The van der Waals surface area contributed by atoms with Crippen LogP contribution >= 0.6 is 0 Å². The lowest BCUT2D eigenvalue weighted by Gasteiger charge is -2.13. The first-order valence-electron chi connectivity index (χ1n) is 6.45. The van der Waals surface area contributed by atoms with Crippen molar-refractivity contribution in [3.8, 4) is 0 Å². The van der Waals surface area contributed by atoms with Crippen molar-refractivity contribution in [2.75, 3.05) is 5.32 Å². The van der Waals surface area contributed by atoms with Crippen LogP contribution in [0.1, 0.15) is 33.1 Å². The van der Waals surface area contributed by atoms with E-state index in [1.807, 2.05) is 0 Å². The summed E-state index contributed by atoms with van der Waals surface area (Å²) < 4.78 is 5.51. The number of nitrogens with zero attached hydrogens (tertiary/aromatic N) is 2. The fourth-order valence-electron chi connectivity index (χ4n) is 1.99. The Morgan fingerprint density at radius 2 is 2.26 bits per heavy atom. The number of nitro benzene ring substituents is 1. The molecule has 1 atom stereocenters.